The van der Waals surface area contributed by atoms with Crippen LogP contribution in [0, 0.1) is 5.92 Å². The SMILES string of the molecule is c1ccc(-c2ccc(CNCC3CNC3)cc2)cc1. The topological polar surface area (TPSA) is 24.1 Å². The molecule has 0 amide bonds. The van der Waals surface area contributed by atoms with Crippen LogP contribution in [0.5, 0.6) is 0 Å². The van der Waals surface area contributed by atoms with Crippen LogP contribution in [0.3, 0.4) is 0 Å². The summed E-state index contributed by atoms with van der Waals surface area (Å²) in [7, 11) is 0. The summed E-state index contributed by atoms with van der Waals surface area (Å²) in [6.07, 6.45) is 0. The summed E-state index contributed by atoms with van der Waals surface area (Å²) in [6, 6.07) is 19.4. The Balaban J connectivity index is 1.56. The molecule has 0 spiro atoms. The number of rotatable bonds is 5. The largest absolute Gasteiger partial charge is 0.316 e. The molecule has 0 atom stereocenters. The lowest BCUT2D eigenvalue weighted by Gasteiger charge is -2.27. The number of nitrogens with one attached hydrogen (secondary N) is 2. The van der Waals surface area contributed by atoms with Crippen molar-refractivity contribution in [1.82, 2.24) is 10.6 Å². The lowest BCUT2D eigenvalue weighted by atomic mass is 10.0. The fourth-order valence-electron chi connectivity index (χ4n) is 2.36. The normalized spacial score (nSPS) is 15.2. The molecule has 2 aromatic carbocycles. The quantitative estimate of drug-likeness (QED) is 0.855. The van der Waals surface area contributed by atoms with E-state index in [0.717, 1.165) is 19.0 Å². The maximum absolute atomic E-state index is 3.52. The first-order valence-corrected chi connectivity index (χ1v) is 6.97. The third kappa shape index (κ3) is 3.22. The predicted octanol–water partition coefficient (Wildman–Crippen LogP) is 2.66. The van der Waals surface area contributed by atoms with Crippen molar-refractivity contribution in [3.8, 4) is 11.1 Å². The van der Waals surface area contributed by atoms with E-state index in [4.69, 9.17) is 0 Å². The smallest absolute Gasteiger partial charge is 0.0205 e. The Morgan fingerprint density at radius 2 is 1.58 bits per heavy atom. The first kappa shape index (κ1) is 12.4. The summed E-state index contributed by atoms with van der Waals surface area (Å²) in [5, 5.41) is 6.82. The van der Waals surface area contributed by atoms with Gasteiger partial charge in [-0.05, 0) is 22.6 Å². The van der Waals surface area contributed by atoms with Gasteiger partial charge in [-0.1, -0.05) is 54.6 Å². The number of benzene rings is 2. The lowest BCUT2D eigenvalue weighted by Crippen LogP contribution is -2.47. The molecule has 0 aromatic heterocycles. The van der Waals surface area contributed by atoms with Gasteiger partial charge in [0.1, 0.15) is 0 Å². The average Bonchev–Trinajstić information content (AvgIpc) is 2.43. The number of hydrogen-bond donors (Lipinski definition) is 2. The molecule has 0 aliphatic carbocycles. The van der Waals surface area contributed by atoms with E-state index in [0.29, 0.717) is 0 Å². The first-order valence-electron chi connectivity index (χ1n) is 6.97. The molecule has 1 aliphatic heterocycles. The molecule has 3 rings (SSSR count). The third-order valence-corrected chi connectivity index (χ3v) is 3.69. The molecular formula is C17H20N2. The van der Waals surface area contributed by atoms with Crippen LogP contribution in [0.4, 0.5) is 0 Å². The van der Waals surface area contributed by atoms with Crippen LogP contribution in [0.2, 0.25) is 0 Å². The van der Waals surface area contributed by atoms with Crippen molar-refractivity contribution in [2.24, 2.45) is 5.92 Å². The zero-order valence-electron chi connectivity index (χ0n) is 11.1. The second-order valence-corrected chi connectivity index (χ2v) is 5.22. The standard InChI is InChI=1S/C17H20N2/c1-2-4-16(5-3-1)17-8-6-14(7-9-17)10-18-11-15-12-19-13-15/h1-9,15,18-19H,10-13H2. The van der Waals surface area contributed by atoms with Crippen molar-refractivity contribution in [2.45, 2.75) is 6.54 Å². The van der Waals surface area contributed by atoms with Crippen molar-refractivity contribution in [1.29, 1.82) is 0 Å². The predicted molar refractivity (Wildman–Crippen MR) is 79.9 cm³/mol. The first-order chi connectivity index (χ1) is 9.42. The lowest BCUT2D eigenvalue weighted by molar-refractivity contribution is 0.331. The van der Waals surface area contributed by atoms with Gasteiger partial charge in [0.15, 0.2) is 0 Å². The fraction of sp³-hybridized carbons (Fsp3) is 0.294. The van der Waals surface area contributed by atoms with E-state index >= 15 is 0 Å². The molecule has 2 aromatic rings. The van der Waals surface area contributed by atoms with E-state index < -0.39 is 0 Å². The Labute approximate surface area is 114 Å². The summed E-state index contributed by atoms with van der Waals surface area (Å²) in [6.45, 7) is 4.42. The molecule has 1 saturated heterocycles. The van der Waals surface area contributed by atoms with Crippen LogP contribution in [0.25, 0.3) is 11.1 Å². The zero-order valence-corrected chi connectivity index (χ0v) is 11.1. The monoisotopic (exact) mass is 252 g/mol. The van der Waals surface area contributed by atoms with Crippen LogP contribution in [-0.2, 0) is 6.54 Å². The molecule has 2 heteroatoms. The van der Waals surface area contributed by atoms with Gasteiger partial charge in [-0.2, -0.15) is 0 Å². The third-order valence-electron chi connectivity index (χ3n) is 3.69. The molecule has 98 valence electrons. The van der Waals surface area contributed by atoms with E-state index in [1.54, 1.807) is 0 Å². The van der Waals surface area contributed by atoms with E-state index in [1.807, 2.05) is 0 Å². The Morgan fingerprint density at radius 3 is 2.21 bits per heavy atom. The van der Waals surface area contributed by atoms with Gasteiger partial charge in [0, 0.05) is 26.2 Å². The van der Waals surface area contributed by atoms with E-state index in [1.165, 1.54) is 29.8 Å². The fourth-order valence-corrected chi connectivity index (χ4v) is 2.36. The minimum absolute atomic E-state index is 0.823. The summed E-state index contributed by atoms with van der Waals surface area (Å²) in [4.78, 5) is 0. The summed E-state index contributed by atoms with van der Waals surface area (Å²) >= 11 is 0. The van der Waals surface area contributed by atoms with Gasteiger partial charge in [0.05, 0.1) is 0 Å². The van der Waals surface area contributed by atoms with Crippen molar-refractivity contribution in [3.05, 3.63) is 60.2 Å². The molecule has 0 unspecified atom stereocenters. The van der Waals surface area contributed by atoms with E-state index in [-0.39, 0.29) is 0 Å². The molecule has 1 aliphatic rings. The van der Waals surface area contributed by atoms with Gasteiger partial charge >= 0.3 is 0 Å². The van der Waals surface area contributed by atoms with Gasteiger partial charge in [0.25, 0.3) is 0 Å². The Kier molecular flexibility index (Phi) is 3.92. The Hall–Kier alpha value is -1.64. The van der Waals surface area contributed by atoms with E-state index in [9.17, 15) is 0 Å². The Bertz CT molecular complexity index is 501. The van der Waals surface area contributed by atoms with Crippen LogP contribution >= 0.6 is 0 Å². The maximum atomic E-state index is 3.52. The molecular weight excluding hydrogens is 232 g/mol. The highest BCUT2D eigenvalue weighted by Crippen LogP contribution is 2.19. The van der Waals surface area contributed by atoms with Gasteiger partial charge in [-0.3, -0.25) is 0 Å². The molecule has 0 saturated carbocycles. The molecule has 2 N–H and O–H groups in total. The van der Waals surface area contributed by atoms with E-state index in [2.05, 4.69) is 65.2 Å². The highest BCUT2D eigenvalue weighted by atomic mass is 15.0. The molecule has 0 bridgehead atoms. The van der Waals surface area contributed by atoms with Gasteiger partial charge in [-0.25, -0.2) is 0 Å². The Morgan fingerprint density at radius 1 is 0.895 bits per heavy atom. The van der Waals surface area contributed by atoms with Gasteiger partial charge in [0.2, 0.25) is 0 Å². The van der Waals surface area contributed by atoms with Crippen LogP contribution in [0.1, 0.15) is 5.56 Å². The van der Waals surface area contributed by atoms with Crippen molar-refractivity contribution >= 4 is 0 Å². The van der Waals surface area contributed by atoms with Crippen LogP contribution in [-0.4, -0.2) is 19.6 Å². The van der Waals surface area contributed by atoms with Crippen molar-refractivity contribution in [3.63, 3.8) is 0 Å². The highest BCUT2D eigenvalue weighted by molar-refractivity contribution is 5.63. The summed E-state index contributed by atoms with van der Waals surface area (Å²) in [5.74, 6) is 0.823. The average molecular weight is 252 g/mol. The van der Waals surface area contributed by atoms with Crippen molar-refractivity contribution < 1.29 is 0 Å². The minimum atomic E-state index is 0.823. The minimum Gasteiger partial charge on any atom is -0.316 e. The molecule has 19 heavy (non-hydrogen) atoms. The second kappa shape index (κ2) is 6.00. The van der Waals surface area contributed by atoms with Crippen molar-refractivity contribution in [2.75, 3.05) is 19.6 Å². The van der Waals surface area contributed by atoms with Gasteiger partial charge < -0.3 is 10.6 Å². The second-order valence-electron chi connectivity index (χ2n) is 5.22. The molecule has 2 nitrogen and oxygen atoms in total. The van der Waals surface area contributed by atoms with Crippen LogP contribution < -0.4 is 10.6 Å². The highest BCUT2D eigenvalue weighted by Gasteiger charge is 2.15. The van der Waals surface area contributed by atoms with Gasteiger partial charge in [-0.15, -0.1) is 0 Å². The number of hydrogen-bond acceptors (Lipinski definition) is 2. The molecule has 1 heterocycles. The maximum Gasteiger partial charge on any atom is 0.0205 e. The zero-order chi connectivity index (χ0) is 12.9. The molecule has 0 radical (unpaired) electrons. The summed E-state index contributed by atoms with van der Waals surface area (Å²) in [5.41, 5.74) is 3.92. The van der Waals surface area contributed by atoms with Crippen LogP contribution in [0.15, 0.2) is 54.6 Å². The molecule has 1 fully saturated rings. The summed E-state index contributed by atoms with van der Waals surface area (Å²) < 4.78 is 0.